The van der Waals surface area contributed by atoms with Crippen molar-refractivity contribution in [1.29, 1.82) is 0 Å². The molecule has 2 aromatic heterocycles. The SMILES string of the molecule is Fc1cc(Br)cc(F)c1-n1c(CCCl)nc2cnccc21. The molecule has 2 heterocycles. The summed E-state index contributed by atoms with van der Waals surface area (Å²) in [5.41, 5.74) is 0.997. The highest BCUT2D eigenvalue weighted by molar-refractivity contribution is 9.10. The third-order valence-electron chi connectivity index (χ3n) is 3.05. The lowest BCUT2D eigenvalue weighted by molar-refractivity contribution is 0.566. The zero-order chi connectivity index (χ0) is 15.0. The number of pyridine rings is 1. The van der Waals surface area contributed by atoms with Crippen LogP contribution in [0, 0.1) is 11.6 Å². The average molecular weight is 373 g/mol. The minimum absolute atomic E-state index is 0.160. The number of hydrogen-bond acceptors (Lipinski definition) is 2. The number of halogens is 4. The summed E-state index contributed by atoms with van der Waals surface area (Å²) < 4.78 is 30.3. The van der Waals surface area contributed by atoms with Gasteiger partial charge in [-0.3, -0.25) is 9.55 Å². The van der Waals surface area contributed by atoms with Crippen molar-refractivity contribution in [3.05, 3.63) is 52.5 Å². The number of fused-ring (bicyclic) bond motifs is 1. The van der Waals surface area contributed by atoms with Crippen LogP contribution in [-0.2, 0) is 6.42 Å². The first-order valence-corrected chi connectivity index (χ1v) is 7.47. The Morgan fingerprint density at radius 1 is 1.24 bits per heavy atom. The lowest BCUT2D eigenvalue weighted by atomic mass is 10.2. The van der Waals surface area contributed by atoms with Gasteiger partial charge < -0.3 is 0 Å². The fraction of sp³-hybridized carbons (Fsp3) is 0.143. The summed E-state index contributed by atoms with van der Waals surface area (Å²) in [7, 11) is 0. The van der Waals surface area contributed by atoms with Crippen LogP contribution < -0.4 is 0 Å². The van der Waals surface area contributed by atoms with Crippen molar-refractivity contribution in [3.8, 4) is 5.69 Å². The minimum Gasteiger partial charge on any atom is -0.291 e. The van der Waals surface area contributed by atoms with Crippen LogP contribution in [0.1, 0.15) is 5.82 Å². The summed E-state index contributed by atoms with van der Waals surface area (Å²) >= 11 is 8.84. The zero-order valence-corrected chi connectivity index (χ0v) is 13.0. The van der Waals surface area contributed by atoms with E-state index in [-0.39, 0.29) is 5.69 Å². The molecule has 0 radical (unpaired) electrons. The molecule has 7 heteroatoms. The molecule has 3 rings (SSSR count). The predicted molar refractivity (Wildman–Crippen MR) is 80.9 cm³/mol. The van der Waals surface area contributed by atoms with Gasteiger partial charge in [-0.1, -0.05) is 15.9 Å². The Hall–Kier alpha value is -1.53. The molecule has 0 bridgehead atoms. The normalized spacial score (nSPS) is 11.2. The smallest absolute Gasteiger partial charge is 0.151 e. The van der Waals surface area contributed by atoms with Crippen LogP contribution in [0.4, 0.5) is 8.78 Å². The summed E-state index contributed by atoms with van der Waals surface area (Å²) in [6, 6.07) is 4.10. The Balaban J connectivity index is 2.36. The maximum absolute atomic E-state index is 14.3. The Kier molecular flexibility index (Phi) is 3.91. The van der Waals surface area contributed by atoms with Crippen LogP contribution in [0.15, 0.2) is 35.1 Å². The van der Waals surface area contributed by atoms with Crippen LogP contribution in [0.25, 0.3) is 16.7 Å². The second kappa shape index (κ2) is 5.69. The Bertz CT molecular complexity index is 796. The summed E-state index contributed by atoms with van der Waals surface area (Å²) in [5.74, 6) is -0.549. The van der Waals surface area contributed by atoms with Gasteiger partial charge in [0.15, 0.2) is 11.6 Å². The molecule has 21 heavy (non-hydrogen) atoms. The van der Waals surface area contributed by atoms with Crippen molar-refractivity contribution in [2.75, 3.05) is 5.88 Å². The van der Waals surface area contributed by atoms with Crippen LogP contribution in [-0.4, -0.2) is 20.4 Å². The summed E-state index contributed by atoms with van der Waals surface area (Å²) in [6.45, 7) is 0. The molecule has 1 aromatic carbocycles. The summed E-state index contributed by atoms with van der Waals surface area (Å²) in [4.78, 5) is 8.33. The summed E-state index contributed by atoms with van der Waals surface area (Å²) in [6.07, 6.45) is 3.50. The molecular formula is C14H9BrClF2N3. The van der Waals surface area contributed by atoms with E-state index in [1.165, 1.54) is 16.7 Å². The minimum atomic E-state index is -0.672. The lowest BCUT2D eigenvalue weighted by Gasteiger charge is -2.11. The highest BCUT2D eigenvalue weighted by Gasteiger charge is 2.19. The van der Waals surface area contributed by atoms with Gasteiger partial charge in [0.2, 0.25) is 0 Å². The number of aryl methyl sites for hydroxylation is 1. The molecule has 0 spiro atoms. The first-order chi connectivity index (χ1) is 10.1. The van der Waals surface area contributed by atoms with Gasteiger partial charge in [-0.2, -0.15) is 0 Å². The molecule has 0 fully saturated rings. The Morgan fingerprint density at radius 2 is 1.95 bits per heavy atom. The monoisotopic (exact) mass is 371 g/mol. The van der Waals surface area contributed by atoms with Crippen molar-refractivity contribution in [2.24, 2.45) is 0 Å². The largest absolute Gasteiger partial charge is 0.291 e. The first-order valence-electron chi connectivity index (χ1n) is 6.14. The topological polar surface area (TPSA) is 30.7 Å². The third-order valence-corrected chi connectivity index (χ3v) is 3.70. The molecule has 0 aliphatic rings. The van der Waals surface area contributed by atoms with Crippen molar-refractivity contribution in [1.82, 2.24) is 14.5 Å². The number of hydrogen-bond donors (Lipinski definition) is 0. The molecular weight excluding hydrogens is 364 g/mol. The number of aromatic nitrogens is 3. The van der Waals surface area contributed by atoms with E-state index in [1.54, 1.807) is 18.5 Å². The fourth-order valence-electron chi connectivity index (χ4n) is 2.23. The molecule has 0 atom stereocenters. The number of imidazole rings is 1. The van der Waals surface area contributed by atoms with Crippen LogP contribution in [0.5, 0.6) is 0 Å². The van der Waals surface area contributed by atoms with Gasteiger partial charge in [0.05, 0.1) is 11.7 Å². The molecule has 0 saturated heterocycles. The molecule has 108 valence electrons. The molecule has 0 aliphatic carbocycles. The van der Waals surface area contributed by atoms with Gasteiger partial charge in [-0.25, -0.2) is 13.8 Å². The van der Waals surface area contributed by atoms with Gasteiger partial charge in [-0.05, 0) is 18.2 Å². The van der Waals surface area contributed by atoms with E-state index in [2.05, 4.69) is 25.9 Å². The number of nitrogens with zero attached hydrogens (tertiary/aromatic N) is 3. The van der Waals surface area contributed by atoms with Crippen LogP contribution >= 0.6 is 27.5 Å². The van der Waals surface area contributed by atoms with E-state index in [9.17, 15) is 8.78 Å². The molecule has 3 nitrogen and oxygen atoms in total. The highest BCUT2D eigenvalue weighted by atomic mass is 79.9. The van der Waals surface area contributed by atoms with Gasteiger partial charge in [0, 0.05) is 23.0 Å². The third kappa shape index (κ3) is 2.53. The Labute approximate surface area is 132 Å². The molecule has 0 amide bonds. The van der Waals surface area contributed by atoms with E-state index in [0.717, 1.165) is 0 Å². The van der Waals surface area contributed by atoms with Crippen molar-refractivity contribution >= 4 is 38.6 Å². The summed E-state index contributed by atoms with van der Waals surface area (Å²) in [5, 5.41) is 0. The van der Waals surface area contributed by atoms with Crippen molar-refractivity contribution < 1.29 is 8.78 Å². The maximum Gasteiger partial charge on any atom is 0.151 e. The Morgan fingerprint density at radius 3 is 2.62 bits per heavy atom. The van der Waals surface area contributed by atoms with Crippen molar-refractivity contribution in [2.45, 2.75) is 6.42 Å². The van der Waals surface area contributed by atoms with E-state index in [1.807, 2.05) is 0 Å². The molecule has 0 aliphatic heterocycles. The maximum atomic E-state index is 14.3. The lowest BCUT2D eigenvalue weighted by Crippen LogP contribution is -2.07. The predicted octanol–water partition coefficient (Wildman–Crippen LogP) is 4.24. The van der Waals surface area contributed by atoms with E-state index in [4.69, 9.17) is 11.6 Å². The standard InChI is InChI=1S/C14H9BrClF2N3/c15-8-5-9(17)14(10(18)6-8)21-12-2-4-19-7-11(12)20-13(21)1-3-16/h2,4-7H,1,3H2. The van der Waals surface area contributed by atoms with Crippen LogP contribution in [0.3, 0.4) is 0 Å². The van der Waals surface area contributed by atoms with Gasteiger partial charge in [-0.15, -0.1) is 11.6 Å². The first kappa shape index (κ1) is 14.4. The molecule has 0 unspecified atom stereocenters. The number of benzene rings is 1. The molecule has 3 aromatic rings. The van der Waals surface area contributed by atoms with Crippen molar-refractivity contribution in [3.63, 3.8) is 0 Å². The quantitative estimate of drug-likeness (QED) is 0.644. The number of alkyl halides is 1. The molecule has 0 N–H and O–H groups in total. The zero-order valence-electron chi connectivity index (χ0n) is 10.7. The number of rotatable bonds is 3. The van der Waals surface area contributed by atoms with Crippen LogP contribution in [0.2, 0.25) is 0 Å². The average Bonchev–Trinajstić information content (AvgIpc) is 2.77. The highest BCUT2D eigenvalue weighted by Crippen LogP contribution is 2.28. The van der Waals surface area contributed by atoms with Gasteiger partial charge in [0.1, 0.15) is 17.0 Å². The van der Waals surface area contributed by atoms with Gasteiger partial charge in [0.25, 0.3) is 0 Å². The van der Waals surface area contributed by atoms with E-state index >= 15 is 0 Å². The van der Waals surface area contributed by atoms with E-state index in [0.29, 0.717) is 33.6 Å². The second-order valence-electron chi connectivity index (χ2n) is 4.38. The van der Waals surface area contributed by atoms with E-state index < -0.39 is 11.6 Å². The fourth-order valence-corrected chi connectivity index (χ4v) is 2.80. The van der Waals surface area contributed by atoms with Gasteiger partial charge >= 0.3 is 0 Å². The second-order valence-corrected chi connectivity index (χ2v) is 5.68. The molecule has 0 saturated carbocycles.